The first-order valence-electron chi connectivity index (χ1n) is 6.31. The predicted octanol–water partition coefficient (Wildman–Crippen LogP) is 0.259. The van der Waals surface area contributed by atoms with Crippen LogP contribution in [0.5, 0.6) is 0 Å². The van der Waals surface area contributed by atoms with E-state index in [0.29, 0.717) is 23.5 Å². The molecule has 2 N–H and O–H groups in total. The van der Waals surface area contributed by atoms with E-state index in [2.05, 4.69) is 0 Å². The SMILES string of the molecule is C[N+](C)(C)CC(O)CC#N.C[N+](C)(C)CC(O)CCl. The van der Waals surface area contributed by atoms with Crippen LogP contribution in [0.4, 0.5) is 0 Å². The Bertz CT molecular complexity index is 267. The maximum Gasteiger partial charge on any atom is 0.116 e. The molecule has 6 heteroatoms. The molecule has 0 radical (unpaired) electrons. The van der Waals surface area contributed by atoms with Crippen molar-refractivity contribution in [2.45, 2.75) is 18.6 Å². The van der Waals surface area contributed by atoms with Gasteiger partial charge in [-0.15, -0.1) is 11.6 Å². The van der Waals surface area contributed by atoms with Crippen molar-refractivity contribution < 1.29 is 19.2 Å². The minimum Gasteiger partial charge on any atom is -0.386 e. The summed E-state index contributed by atoms with van der Waals surface area (Å²) in [4.78, 5) is 0. The molecule has 114 valence electrons. The van der Waals surface area contributed by atoms with Crippen LogP contribution < -0.4 is 0 Å². The van der Waals surface area contributed by atoms with Gasteiger partial charge in [-0.3, -0.25) is 0 Å². The zero-order chi connectivity index (χ0) is 15.7. The van der Waals surface area contributed by atoms with Crippen molar-refractivity contribution in [3.8, 4) is 6.07 Å². The Labute approximate surface area is 122 Å². The topological polar surface area (TPSA) is 64.2 Å². The second kappa shape index (κ2) is 9.51. The van der Waals surface area contributed by atoms with E-state index in [0.717, 1.165) is 4.48 Å². The lowest BCUT2D eigenvalue weighted by Crippen LogP contribution is -2.41. The average Bonchev–Trinajstić information content (AvgIpc) is 2.13. The number of halogens is 1. The molecule has 0 heterocycles. The summed E-state index contributed by atoms with van der Waals surface area (Å²) >= 11 is 5.40. The van der Waals surface area contributed by atoms with Gasteiger partial charge < -0.3 is 19.2 Å². The van der Waals surface area contributed by atoms with Gasteiger partial charge in [0, 0.05) is 0 Å². The first-order valence-corrected chi connectivity index (χ1v) is 6.84. The molecule has 0 aromatic heterocycles. The third-order valence-electron chi connectivity index (χ3n) is 2.02. The Morgan fingerprint density at radius 3 is 1.53 bits per heavy atom. The molecule has 0 saturated heterocycles. The molecule has 2 atom stereocenters. The van der Waals surface area contributed by atoms with E-state index in [9.17, 15) is 0 Å². The van der Waals surface area contributed by atoms with Crippen molar-refractivity contribution in [2.24, 2.45) is 0 Å². The smallest absolute Gasteiger partial charge is 0.116 e. The van der Waals surface area contributed by atoms with Crippen molar-refractivity contribution >= 4 is 11.6 Å². The lowest BCUT2D eigenvalue weighted by molar-refractivity contribution is -0.873. The van der Waals surface area contributed by atoms with Crippen LogP contribution in [0.1, 0.15) is 6.42 Å². The van der Waals surface area contributed by atoms with E-state index in [4.69, 9.17) is 27.1 Å². The number of likely N-dealkylation sites (N-methyl/N-ethyl adjacent to an activating group) is 2. The van der Waals surface area contributed by atoms with E-state index in [1.165, 1.54) is 0 Å². The summed E-state index contributed by atoms with van der Waals surface area (Å²) in [5, 5.41) is 26.4. The van der Waals surface area contributed by atoms with Gasteiger partial charge >= 0.3 is 0 Å². The van der Waals surface area contributed by atoms with Crippen molar-refractivity contribution in [1.29, 1.82) is 5.26 Å². The molecule has 0 amide bonds. The minimum atomic E-state index is -0.481. The van der Waals surface area contributed by atoms with Crippen molar-refractivity contribution in [1.82, 2.24) is 0 Å². The zero-order valence-corrected chi connectivity index (χ0v) is 13.9. The normalized spacial score (nSPS) is 14.9. The summed E-state index contributed by atoms with van der Waals surface area (Å²) in [6.07, 6.45) is -0.619. The van der Waals surface area contributed by atoms with Crippen molar-refractivity contribution in [3.05, 3.63) is 0 Å². The second-order valence-corrected chi connectivity index (χ2v) is 7.08. The van der Waals surface area contributed by atoms with Gasteiger partial charge in [0.05, 0.1) is 60.7 Å². The summed E-state index contributed by atoms with van der Waals surface area (Å²) in [6.45, 7) is 1.34. The van der Waals surface area contributed by atoms with Gasteiger partial charge in [-0.25, -0.2) is 0 Å². The van der Waals surface area contributed by atoms with Crippen LogP contribution in [0.25, 0.3) is 0 Å². The molecule has 0 fully saturated rings. The summed E-state index contributed by atoms with van der Waals surface area (Å²) in [5.41, 5.74) is 0. The van der Waals surface area contributed by atoms with Crippen molar-refractivity contribution in [2.75, 3.05) is 61.3 Å². The highest BCUT2D eigenvalue weighted by molar-refractivity contribution is 6.18. The van der Waals surface area contributed by atoms with E-state index in [1.54, 1.807) is 0 Å². The van der Waals surface area contributed by atoms with Crippen molar-refractivity contribution in [3.63, 3.8) is 0 Å². The first-order chi connectivity index (χ1) is 8.41. The van der Waals surface area contributed by atoms with Gasteiger partial charge in [0.15, 0.2) is 0 Å². The molecular weight excluding hydrogens is 266 g/mol. The quantitative estimate of drug-likeness (QED) is 0.546. The van der Waals surface area contributed by atoms with Crippen LogP contribution in [0, 0.1) is 11.3 Å². The van der Waals surface area contributed by atoms with E-state index < -0.39 is 6.10 Å². The average molecular weight is 296 g/mol. The van der Waals surface area contributed by atoms with Gasteiger partial charge in [0.25, 0.3) is 0 Å². The fraction of sp³-hybridized carbons (Fsp3) is 0.923. The number of nitriles is 1. The molecule has 0 aromatic carbocycles. The molecule has 0 aromatic rings. The monoisotopic (exact) mass is 295 g/mol. The molecule has 0 aliphatic carbocycles. The summed E-state index contributed by atoms with van der Waals surface area (Å²) in [5.74, 6) is 0.329. The number of quaternary nitrogens is 2. The minimum absolute atomic E-state index is 0.232. The highest BCUT2D eigenvalue weighted by atomic mass is 35.5. The molecule has 0 spiro atoms. The number of aliphatic hydroxyl groups is 2. The van der Waals surface area contributed by atoms with Crippen LogP contribution in [-0.4, -0.2) is 92.6 Å². The maximum absolute atomic E-state index is 9.15. The Balaban J connectivity index is 0. The molecule has 0 rings (SSSR count). The third-order valence-corrected chi connectivity index (χ3v) is 2.38. The van der Waals surface area contributed by atoms with Crippen LogP contribution >= 0.6 is 11.6 Å². The summed E-state index contributed by atoms with van der Waals surface area (Å²) in [6, 6.07) is 1.93. The molecular formula is C13H30ClN3O2+2. The Morgan fingerprint density at radius 1 is 0.947 bits per heavy atom. The summed E-state index contributed by atoms with van der Waals surface area (Å²) in [7, 11) is 12.0. The fourth-order valence-corrected chi connectivity index (χ4v) is 1.58. The molecule has 0 saturated carbocycles. The molecule has 5 nitrogen and oxygen atoms in total. The number of aliphatic hydroxyl groups excluding tert-OH is 2. The van der Waals surface area contributed by atoms with Gasteiger partial charge in [0.2, 0.25) is 0 Å². The Hall–Kier alpha value is -0.380. The number of hydrogen-bond donors (Lipinski definition) is 2. The molecule has 19 heavy (non-hydrogen) atoms. The lowest BCUT2D eigenvalue weighted by atomic mass is 10.2. The standard InChI is InChI=1S/C7H15N2O.C6H15ClNO/c1-9(2,3)6-7(10)4-5-8;1-8(2,3)5-6(9)4-7/h7,10H,4,6H2,1-3H3;6,9H,4-5H2,1-3H3/q2*+1. The Kier molecular flexibility index (Phi) is 10.5. The highest BCUT2D eigenvalue weighted by Crippen LogP contribution is 1.97. The largest absolute Gasteiger partial charge is 0.386 e. The van der Waals surface area contributed by atoms with Gasteiger partial charge in [-0.1, -0.05) is 0 Å². The van der Waals surface area contributed by atoms with Crippen LogP contribution in [0.3, 0.4) is 0 Å². The highest BCUT2D eigenvalue weighted by Gasteiger charge is 2.14. The molecule has 0 aliphatic heterocycles. The second-order valence-electron chi connectivity index (χ2n) is 6.77. The zero-order valence-electron chi connectivity index (χ0n) is 13.1. The Morgan fingerprint density at radius 2 is 1.32 bits per heavy atom. The number of rotatable bonds is 6. The van der Waals surface area contributed by atoms with Crippen LogP contribution in [0.2, 0.25) is 0 Å². The van der Waals surface area contributed by atoms with E-state index >= 15 is 0 Å². The third kappa shape index (κ3) is 20.1. The molecule has 0 bridgehead atoms. The molecule has 0 aliphatic rings. The van der Waals surface area contributed by atoms with Crippen LogP contribution in [0.15, 0.2) is 0 Å². The van der Waals surface area contributed by atoms with E-state index in [-0.39, 0.29) is 12.5 Å². The van der Waals surface area contributed by atoms with Gasteiger partial charge in [-0.05, 0) is 0 Å². The van der Waals surface area contributed by atoms with Crippen LogP contribution in [-0.2, 0) is 0 Å². The van der Waals surface area contributed by atoms with Gasteiger partial charge in [0.1, 0.15) is 25.3 Å². The number of nitrogens with zero attached hydrogens (tertiary/aromatic N) is 3. The fourth-order valence-electron chi connectivity index (χ4n) is 1.48. The van der Waals surface area contributed by atoms with Gasteiger partial charge in [-0.2, -0.15) is 5.26 Å². The number of alkyl halides is 1. The molecule has 2 unspecified atom stereocenters. The first kappa shape index (κ1) is 20.9. The van der Waals surface area contributed by atoms with E-state index in [1.807, 2.05) is 48.4 Å². The predicted molar refractivity (Wildman–Crippen MR) is 78.8 cm³/mol. The number of hydrogen-bond acceptors (Lipinski definition) is 3. The lowest BCUT2D eigenvalue weighted by Gasteiger charge is -2.25. The maximum atomic E-state index is 9.15. The summed E-state index contributed by atoms with van der Waals surface area (Å²) < 4.78 is 1.46.